The second-order valence-electron chi connectivity index (χ2n) is 10.1. The van der Waals surface area contributed by atoms with Gasteiger partial charge in [-0.15, -0.1) is 5.10 Å². The zero-order valence-corrected chi connectivity index (χ0v) is 24.1. The van der Waals surface area contributed by atoms with Crippen molar-refractivity contribution in [2.24, 2.45) is 5.92 Å². The summed E-state index contributed by atoms with van der Waals surface area (Å²) in [6, 6.07) is 3.17. The molecule has 5 rings (SSSR count). The zero-order chi connectivity index (χ0) is 31.6. The van der Waals surface area contributed by atoms with Crippen molar-refractivity contribution in [3.8, 4) is 0 Å². The number of aromatic amines is 1. The normalized spacial score (nSPS) is 14.7. The molecule has 43 heavy (non-hydrogen) atoms. The van der Waals surface area contributed by atoms with Crippen molar-refractivity contribution >= 4 is 57.4 Å². The van der Waals surface area contributed by atoms with E-state index in [4.69, 9.17) is 27.2 Å². The van der Waals surface area contributed by atoms with Crippen LogP contribution in [0.3, 0.4) is 0 Å². The predicted molar refractivity (Wildman–Crippen MR) is 152 cm³/mol. The molecule has 4 aromatic rings. The third-order valence-corrected chi connectivity index (χ3v) is 7.31. The first-order valence-electron chi connectivity index (χ1n) is 13.0. The Morgan fingerprint density at radius 3 is 2.51 bits per heavy atom. The molecule has 0 saturated carbocycles. The first-order chi connectivity index (χ1) is 20.2. The number of aromatic nitrogens is 5. The molecule has 13 nitrogen and oxygen atoms in total. The summed E-state index contributed by atoms with van der Waals surface area (Å²) in [6.45, 7) is 3.28. The van der Waals surface area contributed by atoms with E-state index in [2.05, 4.69) is 30.5 Å². The summed E-state index contributed by atoms with van der Waals surface area (Å²) in [5, 5.41) is 23.0. The fourth-order valence-electron chi connectivity index (χ4n) is 4.93. The fourth-order valence-corrected chi connectivity index (χ4v) is 5.19. The number of fused-ring (bicyclic) bond motifs is 2. The van der Waals surface area contributed by atoms with Gasteiger partial charge in [0.1, 0.15) is 5.56 Å². The SMILES string of the molecule is CC(NC(=O)c1c(N)nn2cccnc12)c1cc(Cl)c2cn[nH]c2c1N1CCC(C(=O)N(C)C)CC1.O=C(O)C(F)(F)F. The first-order valence-corrected chi connectivity index (χ1v) is 13.4. The lowest BCUT2D eigenvalue weighted by molar-refractivity contribution is -0.192. The largest absolute Gasteiger partial charge is 0.490 e. The maximum absolute atomic E-state index is 13.3. The van der Waals surface area contributed by atoms with Gasteiger partial charge >= 0.3 is 12.1 Å². The molecule has 1 unspecified atom stereocenters. The molecule has 0 aliphatic carbocycles. The number of piperidine rings is 1. The number of nitrogens with zero attached hydrogens (tertiary/aromatic N) is 6. The summed E-state index contributed by atoms with van der Waals surface area (Å²) in [4.78, 5) is 42.8. The second kappa shape index (κ2) is 12.3. The van der Waals surface area contributed by atoms with E-state index in [1.807, 2.05) is 13.0 Å². The van der Waals surface area contributed by atoms with Crippen molar-refractivity contribution in [1.29, 1.82) is 0 Å². The Kier molecular flexibility index (Phi) is 8.98. The molecular weight excluding hydrogens is 595 g/mol. The van der Waals surface area contributed by atoms with Gasteiger partial charge in [-0.3, -0.25) is 14.7 Å². The van der Waals surface area contributed by atoms with Crippen molar-refractivity contribution in [1.82, 2.24) is 35.0 Å². The topological polar surface area (TPSA) is 175 Å². The molecule has 230 valence electrons. The van der Waals surface area contributed by atoms with Gasteiger partial charge in [0.2, 0.25) is 5.91 Å². The smallest absolute Gasteiger partial charge is 0.475 e. The number of anilines is 2. The lowest BCUT2D eigenvalue weighted by atomic mass is 9.93. The Bertz CT molecular complexity index is 1660. The van der Waals surface area contributed by atoms with Crippen molar-refractivity contribution in [2.75, 3.05) is 37.8 Å². The second-order valence-corrected chi connectivity index (χ2v) is 10.5. The number of carbonyl (C=O) groups excluding carboxylic acids is 2. The van der Waals surface area contributed by atoms with Gasteiger partial charge in [0.15, 0.2) is 11.5 Å². The van der Waals surface area contributed by atoms with Crippen LogP contribution in [-0.2, 0) is 9.59 Å². The lowest BCUT2D eigenvalue weighted by Crippen LogP contribution is -2.41. The summed E-state index contributed by atoms with van der Waals surface area (Å²) in [5.41, 5.74) is 9.21. The Morgan fingerprint density at radius 1 is 1.26 bits per heavy atom. The average molecular weight is 624 g/mol. The van der Waals surface area contributed by atoms with E-state index in [1.165, 1.54) is 4.52 Å². The Morgan fingerprint density at radius 2 is 1.91 bits per heavy atom. The van der Waals surface area contributed by atoms with E-state index < -0.39 is 18.2 Å². The Labute approximate surface area is 247 Å². The molecule has 0 spiro atoms. The lowest BCUT2D eigenvalue weighted by Gasteiger charge is -2.36. The molecule has 1 saturated heterocycles. The number of hydrogen-bond donors (Lipinski definition) is 4. The number of halogens is 4. The number of rotatable bonds is 5. The van der Waals surface area contributed by atoms with Crippen molar-refractivity contribution < 1.29 is 32.7 Å². The number of nitrogens with one attached hydrogen (secondary N) is 2. The minimum atomic E-state index is -5.08. The average Bonchev–Trinajstić information content (AvgIpc) is 3.57. The van der Waals surface area contributed by atoms with Gasteiger partial charge in [-0.05, 0) is 31.9 Å². The fraction of sp³-hybridized carbons (Fsp3) is 0.385. The van der Waals surface area contributed by atoms with E-state index in [0.717, 1.165) is 35.0 Å². The number of nitrogen functional groups attached to an aromatic ring is 1. The number of nitrogens with two attached hydrogens (primary N) is 1. The van der Waals surface area contributed by atoms with E-state index in [9.17, 15) is 22.8 Å². The van der Waals surface area contributed by atoms with Crippen LogP contribution in [0, 0.1) is 5.92 Å². The maximum Gasteiger partial charge on any atom is 0.490 e. The quantitative estimate of drug-likeness (QED) is 0.260. The monoisotopic (exact) mass is 623 g/mol. The highest BCUT2D eigenvalue weighted by atomic mass is 35.5. The molecule has 3 aromatic heterocycles. The molecule has 1 aliphatic rings. The molecular formula is C26H29ClF3N9O4. The van der Waals surface area contributed by atoms with E-state index in [0.29, 0.717) is 23.8 Å². The molecule has 4 heterocycles. The van der Waals surface area contributed by atoms with Gasteiger partial charge < -0.3 is 26.0 Å². The number of aliphatic carboxylic acids is 1. The molecule has 17 heteroatoms. The molecule has 1 atom stereocenters. The highest BCUT2D eigenvalue weighted by molar-refractivity contribution is 6.36. The minimum Gasteiger partial charge on any atom is -0.475 e. The van der Waals surface area contributed by atoms with Gasteiger partial charge in [0, 0.05) is 56.4 Å². The molecule has 1 aromatic carbocycles. The Hall–Kier alpha value is -4.60. The van der Waals surface area contributed by atoms with Crippen molar-refractivity contribution in [3.63, 3.8) is 0 Å². The van der Waals surface area contributed by atoms with E-state index >= 15 is 0 Å². The number of amides is 2. The molecule has 1 fully saturated rings. The standard InChI is InChI=1S/C24H28ClN9O2.C2HF3O2/c1-13(29-23(35)18-21(26)31-34-8-4-7-27-22(18)34)15-11-17(25)16-12-28-30-19(16)20(15)33-9-5-14(6-10-33)24(36)32(2)3;3-2(4,5)1(6)7/h4,7-8,11-14H,5-6,9-10H2,1-3H3,(H2,26,31)(H,28,30)(H,29,35);(H,6,7). The summed E-state index contributed by atoms with van der Waals surface area (Å²) in [6.07, 6.45) is 1.36. The zero-order valence-electron chi connectivity index (χ0n) is 23.3. The van der Waals surface area contributed by atoms with E-state index in [1.54, 1.807) is 43.7 Å². The van der Waals surface area contributed by atoms with Crippen LogP contribution in [0.5, 0.6) is 0 Å². The van der Waals surface area contributed by atoms with Crippen LogP contribution in [0.4, 0.5) is 24.7 Å². The maximum atomic E-state index is 13.3. The van der Waals surface area contributed by atoms with Crippen LogP contribution in [0.25, 0.3) is 16.6 Å². The predicted octanol–water partition coefficient (Wildman–Crippen LogP) is 3.27. The van der Waals surface area contributed by atoms with Crippen LogP contribution in [-0.4, -0.2) is 85.9 Å². The highest BCUT2D eigenvalue weighted by Crippen LogP contribution is 2.39. The van der Waals surface area contributed by atoms with Crippen molar-refractivity contribution in [2.45, 2.75) is 32.0 Å². The van der Waals surface area contributed by atoms with Crippen LogP contribution in [0.15, 0.2) is 30.7 Å². The molecule has 0 radical (unpaired) electrons. The number of alkyl halides is 3. The van der Waals surface area contributed by atoms with Gasteiger partial charge in [-0.25, -0.2) is 14.3 Å². The van der Waals surface area contributed by atoms with Gasteiger partial charge in [-0.2, -0.15) is 18.3 Å². The summed E-state index contributed by atoms with van der Waals surface area (Å²) in [5.74, 6) is -2.89. The van der Waals surface area contributed by atoms with Crippen LogP contribution >= 0.6 is 11.6 Å². The Balaban J connectivity index is 0.000000541. The third-order valence-electron chi connectivity index (χ3n) is 7.00. The molecule has 5 N–H and O–H groups in total. The van der Waals surface area contributed by atoms with Crippen LogP contribution in [0.1, 0.15) is 41.7 Å². The van der Waals surface area contributed by atoms with Crippen molar-refractivity contribution in [3.05, 3.63) is 46.9 Å². The molecule has 2 amide bonds. The van der Waals surface area contributed by atoms with Gasteiger partial charge in [0.25, 0.3) is 5.91 Å². The van der Waals surface area contributed by atoms with Gasteiger partial charge in [0.05, 0.1) is 28.5 Å². The van der Waals surface area contributed by atoms with Crippen LogP contribution < -0.4 is 16.0 Å². The molecule has 0 bridgehead atoms. The number of benzene rings is 1. The third kappa shape index (κ3) is 6.58. The number of H-pyrrole nitrogens is 1. The summed E-state index contributed by atoms with van der Waals surface area (Å²) >= 11 is 6.61. The van der Waals surface area contributed by atoms with E-state index in [-0.39, 0.29) is 29.1 Å². The number of carbonyl (C=O) groups is 3. The minimum absolute atomic E-state index is 0.00696. The summed E-state index contributed by atoms with van der Waals surface area (Å²) in [7, 11) is 3.58. The number of carboxylic acid groups (broad SMARTS) is 1. The summed E-state index contributed by atoms with van der Waals surface area (Å²) < 4.78 is 33.2. The first kappa shape index (κ1) is 31.3. The molecule has 1 aliphatic heterocycles. The van der Waals surface area contributed by atoms with Gasteiger partial charge in [-0.1, -0.05) is 11.6 Å². The highest BCUT2D eigenvalue weighted by Gasteiger charge is 2.38. The van der Waals surface area contributed by atoms with Crippen LogP contribution in [0.2, 0.25) is 5.02 Å². The number of carboxylic acids is 1. The number of hydrogen-bond acceptors (Lipinski definition) is 8.